The third kappa shape index (κ3) is 6.04. The van der Waals surface area contributed by atoms with Gasteiger partial charge < -0.3 is 15.5 Å². The molecular formula is C29H38FN7O. The number of urea groups is 1. The van der Waals surface area contributed by atoms with Gasteiger partial charge in [-0.2, -0.15) is 0 Å². The van der Waals surface area contributed by atoms with Crippen molar-refractivity contribution in [3.8, 4) is 11.4 Å². The van der Waals surface area contributed by atoms with E-state index in [0.29, 0.717) is 17.8 Å². The van der Waals surface area contributed by atoms with Gasteiger partial charge in [-0.25, -0.2) is 13.9 Å². The fourth-order valence-electron chi connectivity index (χ4n) is 6.12. The van der Waals surface area contributed by atoms with E-state index in [9.17, 15) is 9.18 Å². The lowest BCUT2D eigenvalue weighted by Gasteiger charge is -2.39. The zero-order valence-electron chi connectivity index (χ0n) is 22.6. The number of nitrogens with one attached hydrogen (secondary N) is 2. The predicted molar refractivity (Wildman–Crippen MR) is 146 cm³/mol. The number of aryl methyl sites for hydroxylation is 3. The highest BCUT2D eigenvalue weighted by Crippen LogP contribution is 2.29. The fourth-order valence-corrected chi connectivity index (χ4v) is 6.12. The second-order valence-corrected chi connectivity index (χ2v) is 10.9. The second kappa shape index (κ2) is 11.6. The molecule has 1 heterocycles. The Labute approximate surface area is 224 Å². The quantitative estimate of drug-likeness (QED) is 0.471. The van der Waals surface area contributed by atoms with E-state index in [1.807, 2.05) is 18.2 Å². The summed E-state index contributed by atoms with van der Waals surface area (Å²) >= 11 is 0. The van der Waals surface area contributed by atoms with E-state index in [1.165, 1.54) is 12.0 Å². The first-order valence-corrected chi connectivity index (χ1v) is 13.8. The zero-order valence-corrected chi connectivity index (χ0v) is 22.6. The van der Waals surface area contributed by atoms with Crippen molar-refractivity contribution in [2.75, 3.05) is 18.9 Å². The molecule has 9 heteroatoms. The monoisotopic (exact) mass is 519 g/mol. The Morgan fingerprint density at radius 3 is 2.76 bits per heavy atom. The minimum absolute atomic E-state index is 0.132. The number of aromatic nitrogens is 4. The number of carbonyl (C=O) groups is 1. The SMILES string of the molecule is CCc1cc(NC(=O)N[C@@H]2CCCC[C@H]2CN(C)[C@H]2CCc3cc(F)ccc3C2)cc(-c2nnnn2C)c1. The summed E-state index contributed by atoms with van der Waals surface area (Å²) in [6, 6.07) is 11.6. The number of carbonyl (C=O) groups excluding carboxylic acids is 1. The predicted octanol–water partition coefficient (Wildman–Crippen LogP) is 4.75. The molecule has 38 heavy (non-hydrogen) atoms. The first-order valence-electron chi connectivity index (χ1n) is 13.8. The van der Waals surface area contributed by atoms with Crippen molar-refractivity contribution in [2.24, 2.45) is 13.0 Å². The number of fused-ring (bicyclic) bond motifs is 1. The van der Waals surface area contributed by atoms with Gasteiger partial charge >= 0.3 is 6.03 Å². The number of nitrogens with zero attached hydrogens (tertiary/aromatic N) is 5. The third-order valence-electron chi connectivity index (χ3n) is 8.28. The molecule has 2 aliphatic rings. The first kappa shape index (κ1) is 26.3. The second-order valence-electron chi connectivity index (χ2n) is 10.9. The summed E-state index contributed by atoms with van der Waals surface area (Å²) in [4.78, 5) is 15.6. The summed E-state index contributed by atoms with van der Waals surface area (Å²) in [5, 5.41) is 18.2. The molecule has 1 aromatic heterocycles. The van der Waals surface area contributed by atoms with Crippen LogP contribution in [0.5, 0.6) is 0 Å². The maximum Gasteiger partial charge on any atom is 0.319 e. The highest BCUT2D eigenvalue weighted by Gasteiger charge is 2.30. The van der Waals surface area contributed by atoms with Gasteiger partial charge in [0.15, 0.2) is 5.82 Å². The van der Waals surface area contributed by atoms with Gasteiger partial charge in [0.2, 0.25) is 0 Å². The van der Waals surface area contributed by atoms with Crippen molar-refractivity contribution in [1.29, 1.82) is 0 Å². The van der Waals surface area contributed by atoms with E-state index in [1.54, 1.807) is 23.9 Å². The molecule has 2 amide bonds. The molecule has 5 rings (SSSR count). The summed E-state index contributed by atoms with van der Waals surface area (Å²) in [5.74, 6) is 0.916. The molecule has 1 fully saturated rings. The minimum atomic E-state index is -0.173. The molecule has 8 nitrogen and oxygen atoms in total. The molecule has 2 N–H and O–H groups in total. The van der Waals surface area contributed by atoms with Crippen LogP contribution < -0.4 is 10.6 Å². The molecule has 1 saturated carbocycles. The van der Waals surface area contributed by atoms with E-state index in [4.69, 9.17) is 0 Å². The average molecular weight is 520 g/mol. The Morgan fingerprint density at radius 2 is 1.97 bits per heavy atom. The van der Waals surface area contributed by atoms with Crippen LogP contribution in [0.2, 0.25) is 0 Å². The smallest absolute Gasteiger partial charge is 0.319 e. The lowest BCUT2D eigenvalue weighted by molar-refractivity contribution is 0.147. The van der Waals surface area contributed by atoms with E-state index in [2.05, 4.69) is 51.1 Å². The largest absolute Gasteiger partial charge is 0.335 e. The van der Waals surface area contributed by atoms with Gasteiger partial charge in [0.1, 0.15) is 5.82 Å². The van der Waals surface area contributed by atoms with E-state index in [0.717, 1.165) is 73.9 Å². The number of amides is 2. The lowest BCUT2D eigenvalue weighted by atomic mass is 9.82. The van der Waals surface area contributed by atoms with E-state index < -0.39 is 0 Å². The summed E-state index contributed by atoms with van der Waals surface area (Å²) in [6.07, 6.45) is 8.17. The first-order chi connectivity index (χ1) is 18.4. The standard InChI is InChI=1S/C29H38FN7O/c1-4-19-13-23(28-33-34-35-37(28)3)16-25(14-19)31-29(38)32-27-8-6-5-7-22(27)18-36(2)26-12-10-20-15-24(30)11-9-21(20)17-26/h9,11,13-16,22,26-27H,4-8,10,12,17-18H2,1-3H3,(H2,31,32,38)/t22-,26-,27+/m0/s1. The number of hydrogen-bond donors (Lipinski definition) is 2. The summed E-state index contributed by atoms with van der Waals surface area (Å²) < 4.78 is 15.3. The van der Waals surface area contributed by atoms with Crippen LogP contribution in [0.15, 0.2) is 36.4 Å². The summed E-state index contributed by atoms with van der Waals surface area (Å²) in [6.45, 7) is 3.03. The topological polar surface area (TPSA) is 88.0 Å². The molecule has 2 aliphatic carbocycles. The average Bonchev–Trinajstić information content (AvgIpc) is 3.35. The summed E-state index contributed by atoms with van der Waals surface area (Å²) in [5.41, 5.74) is 5.13. The molecule has 0 aliphatic heterocycles. The number of rotatable bonds is 7. The van der Waals surface area contributed by atoms with Gasteiger partial charge in [0, 0.05) is 36.9 Å². The minimum Gasteiger partial charge on any atom is -0.335 e. The van der Waals surface area contributed by atoms with Crippen LogP contribution >= 0.6 is 0 Å². The Hall–Kier alpha value is -3.33. The summed E-state index contributed by atoms with van der Waals surface area (Å²) in [7, 11) is 4.00. The van der Waals surface area contributed by atoms with Crippen LogP contribution in [0.25, 0.3) is 11.4 Å². The van der Waals surface area contributed by atoms with Gasteiger partial charge in [-0.05, 0) is 109 Å². The molecule has 202 valence electrons. The van der Waals surface area contributed by atoms with Gasteiger partial charge in [0.05, 0.1) is 0 Å². The van der Waals surface area contributed by atoms with Crippen LogP contribution in [0.4, 0.5) is 14.9 Å². The lowest BCUT2D eigenvalue weighted by Crippen LogP contribution is -2.49. The zero-order chi connectivity index (χ0) is 26.6. The van der Waals surface area contributed by atoms with Gasteiger partial charge in [-0.1, -0.05) is 25.8 Å². The number of hydrogen-bond acceptors (Lipinski definition) is 5. The highest BCUT2D eigenvalue weighted by molar-refractivity contribution is 5.90. The Balaban J connectivity index is 1.22. The van der Waals surface area contributed by atoms with Crippen LogP contribution in [0.1, 0.15) is 55.7 Å². The Bertz CT molecular complexity index is 1280. The number of halogens is 1. The van der Waals surface area contributed by atoms with Crippen molar-refractivity contribution in [1.82, 2.24) is 30.4 Å². The molecule has 0 spiro atoms. The number of anilines is 1. The molecule has 3 aromatic rings. The van der Waals surface area contributed by atoms with E-state index >= 15 is 0 Å². The van der Waals surface area contributed by atoms with Crippen molar-refractivity contribution in [2.45, 2.75) is 70.4 Å². The van der Waals surface area contributed by atoms with Gasteiger partial charge in [-0.3, -0.25) is 0 Å². The molecule has 0 saturated heterocycles. The van der Waals surface area contributed by atoms with Crippen molar-refractivity contribution in [3.05, 3.63) is 58.9 Å². The molecule has 3 atom stereocenters. The van der Waals surface area contributed by atoms with Crippen LogP contribution in [0, 0.1) is 11.7 Å². The number of tetrazole rings is 1. The van der Waals surface area contributed by atoms with Crippen molar-refractivity contribution < 1.29 is 9.18 Å². The maximum atomic E-state index is 13.6. The van der Waals surface area contributed by atoms with Crippen LogP contribution in [-0.2, 0) is 26.3 Å². The van der Waals surface area contributed by atoms with Gasteiger partial charge in [-0.15, -0.1) is 5.10 Å². The Morgan fingerprint density at radius 1 is 1.13 bits per heavy atom. The van der Waals surface area contributed by atoms with Crippen LogP contribution in [-0.4, -0.2) is 56.8 Å². The van der Waals surface area contributed by atoms with Crippen molar-refractivity contribution in [3.63, 3.8) is 0 Å². The maximum absolute atomic E-state index is 13.6. The van der Waals surface area contributed by atoms with Crippen LogP contribution in [0.3, 0.4) is 0 Å². The highest BCUT2D eigenvalue weighted by atomic mass is 19.1. The molecule has 2 aromatic carbocycles. The normalized spacial score (nSPS) is 21.2. The van der Waals surface area contributed by atoms with Gasteiger partial charge in [0.25, 0.3) is 0 Å². The Kier molecular flexibility index (Phi) is 8.02. The molecular weight excluding hydrogens is 481 g/mol. The number of benzene rings is 2. The molecule has 0 unspecified atom stereocenters. The third-order valence-corrected chi connectivity index (χ3v) is 8.28. The van der Waals surface area contributed by atoms with E-state index in [-0.39, 0.29) is 17.9 Å². The number of likely N-dealkylation sites (N-methyl/N-ethyl adjacent to an activating group) is 1. The fraction of sp³-hybridized carbons (Fsp3) is 0.517. The molecule has 0 radical (unpaired) electrons. The molecule has 0 bridgehead atoms. The van der Waals surface area contributed by atoms with Crippen molar-refractivity contribution >= 4 is 11.7 Å².